The third kappa shape index (κ3) is 3.21. The van der Waals surface area contributed by atoms with Crippen LogP contribution in [0.4, 0.5) is 3.89 Å². The maximum atomic E-state index is 12.7. The molecule has 0 spiro atoms. The van der Waals surface area contributed by atoms with Crippen molar-refractivity contribution < 1.29 is 12.3 Å². The average molecular weight is 278 g/mol. The third-order valence-corrected chi connectivity index (χ3v) is 3.98. The number of aromatic nitrogens is 4. The second-order valence-electron chi connectivity index (χ2n) is 4.15. The van der Waals surface area contributed by atoms with Crippen LogP contribution in [0.25, 0.3) is 0 Å². The minimum Gasteiger partial charge on any atom is -0.300 e. The smallest absolute Gasteiger partial charge is 0.300 e. The summed E-state index contributed by atoms with van der Waals surface area (Å²) in [7, 11) is -2.78. The van der Waals surface area contributed by atoms with Gasteiger partial charge in [0.15, 0.2) is 5.82 Å². The highest BCUT2D eigenvalue weighted by atomic mass is 32.3. The molecule has 2 rings (SSSR count). The Morgan fingerprint density at radius 2 is 1.94 bits per heavy atom. The number of piperazine rings is 1. The fourth-order valence-electron chi connectivity index (χ4n) is 1.89. The molecule has 0 amide bonds. The fourth-order valence-corrected chi connectivity index (χ4v) is 2.49. The number of nitrogens with zero attached hydrogens (tertiary/aromatic N) is 6. The molecular formula is C8H15FN6O2S. The summed E-state index contributed by atoms with van der Waals surface area (Å²) in [5, 5.41) is 11.1. The van der Waals surface area contributed by atoms with Crippen molar-refractivity contribution in [2.24, 2.45) is 7.05 Å². The van der Waals surface area contributed by atoms with E-state index in [0.717, 1.165) is 16.7 Å². The van der Waals surface area contributed by atoms with Crippen LogP contribution in [0, 0.1) is 0 Å². The number of tetrazole rings is 1. The Balaban J connectivity index is 1.79. The highest BCUT2D eigenvalue weighted by Crippen LogP contribution is 2.08. The first-order valence-electron chi connectivity index (χ1n) is 5.60. The monoisotopic (exact) mass is 278 g/mol. The van der Waals surface area contributed by atoms with E-state index in [9.17, 15) is 12.3 Å². The van der Waals surface area contributed by atoms with Gasteiger partial charge in [0.05, 0.1) is 0 Å². The first kappa shape index (κ1) is 13.3. The van der Waals surface area contributed by atoms with E-state index < -0.39 is 10.4 Å². The molecule has 0 aromatic carbocycles. The average Bonchev–Trinajstić information content (AvgIpc) is 2.72. The molecule has 0 bridgehead atoms. The van der Waals surface area contributed by atoms with Gasteiger partial charge in [0, 0.05) is 46.2 Å². The van der Waals surface area contributed by atoms with Crippen molar-refractivity contribution in [1.82, 2.24) is 29.4 Å². The van der Waals surface area contributed by atoms with Crippen LogP contribution >= 0.6 is 0 Å². The number of rotatable bonds is 4. The van der Waals surface area contributed by atoms with E-state index in [0.29, 0.717) is 19.5 Å². The van der Waals surface area contributed by atoms with E-state index >= 15 is 0 Å². The van der Waals surface area contributed by atoms with E-state index in [1.807, 2.05) is 0 Å². The lowest BCUT2D eigenvalue weighted by atomic mass is 10.3. The Morgan fingerprint density at radius 1 is 1.28 bits per heavy atom. The van der Waals surface area contributed by atoms with Crippen molar-refractivity contribution in [3.63, 3.8) is 0 Å². The summed E-state index contributed by atoms with van der Waals surface area (Å²) in [6.45, 7) is 2.16. The largest absolute Gasteiger partial charge is 0.374 e. The highest BCUT2D eigenvalue weighted by molar-refractivity contribution is 7.83. The van der Waals surface area contributed by atoms with E-state index in [1.165, 1.54) is 0 Å². The van der Waals surface area contributed by atoms with E-state index in [1.54, 1.807) is 11.7 Å². The Hall–Kier alpha value is -1.13. The quantitative estimate of drug-likeness (QED) is 0.629. The molecule has 102 valence electrons. The molecule has 0 unspecified atom stereocenters. The molecule has 1 aliphatic heterocycles. The summed E-state index contributed by atoms with van der Waals surface area (Å²) in [6.07, 6.45) is 0.686. The molecule has 0 radical (unpaired) electrons. The van der Waals surface area contributed by atoms with Gasteiger partial charge in [0.2, 0.25) is 0 Å². The molecule has 0 atom stereocenters. The van der Waals surface area contributed by atoms with Gasteiger partial charge in [0.25, 0.3) is 0 Å². The first-order chi connectivity index (χ1) is 8.47. The van der Waals surface area contributed by atoms with E-state index in [-0.39, 0.29) is 13.1 Å². The molecule has 0 aliphatic carbocycles. The standard InChI is InChI=1S/C8H15FN6O2S/c1-13-8(10-11-12-13)2-3-14-4-6-15(7-5-14)18(9,16)17/h2-7H2,1H3. The van der Waals surface area contributed by atoms with E-state index in [4.69, 9.17) is 0 Å². The predicted octanol–water partition coefficient (Wildman–Crippen LogP) is -1.42. The number of aryl methyl sites for hydroxylation is 1. The van der Waals surface area contributed by atoms with Gasteiger partial charge in [-0.2, -0.15) is 12.7 Å². The van der Waals surface area contributed by atoms with Gasteiger partial charge in [-0.25, -0.2) is 4.68 Å². The number of halogens is 1. The SMILES string of the molecule is Cn1nnnc1CCN1CCN(S(=O)(=O)F)CC1. The summed E-state index contributed by atoms with van der Waals surface area (Å²) < 4.78 is 36.6. The first-order valence-corrected chi connectivity index (χ1v) is 6.94. The van der Waals surface area contributed by atoms with Gasteiger partial charge in [-0.05, 0) is 10.4 Å². The molecule has 1 aliphatic rings. The molecule has 1 fully saturated rings. The number of hydrogen-bond acceptors (Lipinski definition) is 6. The Kier molecular flexibility index (Phi) is 3.88. The van der Waals surface area contributed by atoms with Crippen molar-refractivity contribution in [2.75, 3.05) is 32.7 Å². The van der Waals surface area contributed by atoms with Gasteiger partial charge >= 0.3 is 10.4 Å². The summed E-state index contributed by atoms with van der Waals surface area (Å²) in [6, 6.07) is 0. The summed E-state index contributed by atoms with van der Waals surface area (Å²) >= 11 is 0. The zero-order chi connectivity index (χ0) is 13.2. The van der Waals surface area contributed by atoms with Crippen LogP contribution in [-0.4, -0.2) is 70.6 Å². The van der Waals surface area contributed by atoms with Crippen LogP contribution in [0.1, 0.15) is 5.82 Å². The van der Waals surface area contributed by atoms with Gasteiger partial charge in [-0.1, -0.05) is 3.89 Å². The minimum absolute atomic E-state index is 0.190. The second-order valence-corrected chi connectivity index (χ2v) is 5.49. The zero-order valence-corrected chi connectivity index (χ0v) is 10.8. The molecule has 1 aromatic rings. The van der Waals surface area contributed by atoms with Gasteiger partial charge in [-0.15, -0.1) is 5.10 Å². The summed E-state index contributed by atoms with van der Waals surface area (Å²) in [5.74, 6) is 0.774. The molecule has 0 N–H and O–H groups in total. The molecule has 10 heteroatoms. The maximum Gasteiger partial charge on any atom is 0.374 e. The lowest BCUT2D eigenvalue weighted by Gasteiger charge is -2.31. The van der Waals surface area contributed by atoms with Crippen molar-refractivity contribution in [1.29, 1.82) is 0 Å². The number of hydrogen-bond donors (Lipinski definition) is 0. The van der Waals surface area contributed by atoms with Crippen LogP contribution in [0.5, 0.6) is 0 Å². The van der Waals surface area contributed by atoms with Gasteiger partial charge in [-0.3, -0.25) is 0 Å². The Morgan fingerprint density at radius 3 is 2.44 bits per heavy atom. The van der Waals surface area contributed by atoms with Crippen molar-refractivity contribution >= 4 is 10.4 Å². The third-order valence-electron chi connectivity index (χ3n) is 3.00. The Bertz CT molecular complexity index is 495. The molecule has 0 saturated carbocycles. The maximum absolute atomic E-state index is 12.7. The van der Waals surface area contributed by atoms with Crippen LogP contribution in [-0.2, 0) is 23.9 Å². The van der Waals surface area contributed by atoms with Crippen molar-refractivity contribution in [3.05, 3.63) is 5.82 Å². The predicted molar refractivity (Wildman–Crippen MR) is 60.5 cm³/mol. The topological polar surface area (TPSA) is 84.2 Å². The summed E-state index contributed by atoms with van der Waals surface area (Å²) in [5.41, 5.74) is 0. The summed E-state index contributed by atoms with van der Waals surface area (Å²) in [4.78, 5) is 2.07. The normalized spacial score (nSPS) is 19.2. The minimum atomic E-state index is -4.54. The van der Waals surface area contributed by atoms with Crippen molar-refractivity contribution in [3.8, 4) is 0 Å². The lowest BCUT2D eigenvalue weighted by molar-refractivity contribution is 0.185. The molecule has 18 heavy (non-hydrogen) atoms. The highest BCUT2D eigenvalue weighted by Gasteiger charge is 2.26. The molecule has 2 heterocycles. The van der Waals surface area contributed by atoms with Crippen molar-refractivity contribution in [2.45, 2.75) is 6.42 Å². The fraction of sp³-hybridized carbons (Fsp3) is 0.875. The van der Waals surface area contributed by atoms with Crippen LogP contribution in [0.2, 0.25) is 0 Å². The van der Waals surface area contributed by atoms with Crippen LogP contribution < -0.4 is 0 Å². The van der Waals surface area contributed by atoms with Gasteiger partial charge < -0.3 is 4.90 Å². The Labute approximate surface area is 105 Å². The molecule has 8 nitrogen and oxygen atoms in total. The lowest BCUT2D eigenvalue weighted by Crippen LogP contribution is -2.48. The molecule has 1 aromatic heterocycles. The van der Waals surface area contributed by atoms with E-state index in [2.05, 4.69) is 20.4 Å². The molecule has 1 saturated heterocycles. The van der Waals surface area contributed by atoms with Crippen LogP contribution in [0.15, 0.2) is 0 Å². The zero-order valence-electron chi connectivity index (χ0n) is 10.0. The van der Waals surface area contributed by atoms with Gasteiger partial charge in [0.1, 0.15) is 0 Å². The molecular weight excluding hydrogens is 263 g/mol. The van der Waals surface area contributed by atoms with Crippen LogP contribution in [0.3, 0.4) is 0 Å². The second kappa shape index (κ2) is 5.24.